The molecular formula is C13H17N3O2S. The minimum absolute atomic E-state index is 0.0624. The van der Waals surface area contributed by atoms with Gasteiger partial charge in [0.25, 0.3) is 5.24 Å². The highest BCUT2D eigenvalue weighted by Gasteiger charge is 2.31. The van der Waals surface area contributed by atoms with Crippen LogP contribution >= 0.6 is 11.8 Å². The largest absolute Gasteiger partial charge is 0.335 e. The van der Waals surface area contributed by atoms with Crippen LogP contribution < -0.4 is 11.1 Å². The number of hydrogen-bond donors (Lipinski definition) is 2. The van der Waals surface area contributed by atoms with Gasteiger partial charge in [-0.25, -0.2) is 0 Å². The van der Waals surface area contributed by atoms with Crippen LogP contribution in [0, 0.1) is 0 Å². The van der Waals surface area contributed by atoms with Gasteiger partial charge in [-0.05, 0) is 5.56 Å². The smallest absolute Gasteiger partial charge is 0.279 e. The highest BCUT2D eigenvalue weighted by molar-refractivity contribution is 8.14. The number of hydrogen-bond acceptors (Lipinski definition) is 4. The lowest BCUT2D eigenvalue weighted by Gasteiger charge is -2.24. The fourth-order valence-corrected chi connectivity index (χ4v) is 2.73. The van der Waals surface area contributed by atoms with Crippen molar-refractivity contribution in [1.82, 2.24) is 10.2 Å². The van der Waals surface area contributed by atoms with E-state index in [1.807, 2.05) is 30.3 Å². The summed E-state index contributed by atoms with van der Waals surface area (Å²) in [7, 11) is 0. The number of nitrogens with zero attached hydrogens (tertiary/aromatic N) is 1. The Morgan fingerprint density at radius 3 is 2.74 bits per heavy atom. The molecule has 1 aliphatic heterocycles. The first-order chi connectivity index (χ1) is 9.20. The summed E-state index contributed by atoms with van der Waals surface area (Å²) in [6.07, 6.45) is 0. The maximum atomic E-state index is 12.3. The molecule has 0 aliphatic carbocycles. The molecule has 6 heteroatoms. The quantitative estimate of drug-likeness (QED) is 0.836. The van der Waals surface area contributed by atoms with Crippen LogP contribution in [0.2, 0.25) is 0 Å². The Hall–Kier alpha value is -1.53. The molecule has 2 amide bonds. The van der Waals surface area contributed by atoms with Crippen LogP contribution in [0.15, 0.2) is 30.3 Å². The van der Waals surface area contributed by atoms with E-state index >= 15 is 0 Å². The van der Waals surface area contributed by atoms with Gasteiger partial charge < -0.3 is 16.0 Å². The van der Waals surface area contributed by atoms with Crippen molar-refractivity contribution in [2.45, 2.75) is 12.6 Å². The summed E-state index contributed by atoms with van der Waals surface area (Å²) < 4.78 is 0. The van der Waals surface area contributed by atoms with E-state index in [0.29, 0.717) is 25.4 Å². The topological polar surface area (TPSA) is 75.4 Å². The van der Waals surface area contributed by atoms with Gasteiger partial charge in [-0.15, -0.1) is 0 Å². The van der Waals surface area contributed by atoms with Gasteiger partial charge in [0.15, 0.2) is 0 Å². The average molecular weight is 279 g/mol. The van der Waals surface area contributed by atoms with E-state index in [9.17, 15) is 9.59 Å². The summed E-state index contributed by atoms with van der Waals surface area (Å²) in [5.41, 5.74) is 6.62. The SMILES string of the molecule is NCCN(Cc1ccccc1)C(=O)C1CSC(=O)N1. The molecule has 1 saturated heterocycles. The first-order valence-corrected chi connectivity index (χ1v) is 7.15. The molecule has 1 heterocycles. The zero-order chi connectivity index (χ0) is 13.7. The zero-order valence-corrected chi connectivity index (χ0v) is 11.4. The van der Waals surface area contributed by atoms with Crippen LogP contribution in [0.4, 0.5) is 4.79 Å². The van der Waals surface area contributed by atoms with E-state index in [0.717, 1.165) is 17.3 Å². The number of rotatable bonds is 5. The van der Waals surface area contributed by atoms with E-state index in [-0.39, 0.29) is 11.1 Å². The third-order valence-corrected chi connectivity index (χ3v) is 3.78. The lowest BCUT2D eigenvalue weighted by molar-refractivity contribution is -0.133. The van der Waals surface area contributed by atoms with Gasteiger partial charge in [0, 0.05) is 25.4 Å². The van der Waals surface area contributed by atoms with Gasteiger partial charge >= 0.3 is 0 Å². The Kier molecular flexibility index (Phi) is 4.81. The lowest BCUT2D eigenvalue weighted by atomic mass is 10.2. The third-order valence-electron chi connectivity index (χ3n) is 2.90. The zero-order valence-electron chi connectivity index (χ0n) is 10.5. The summed E-state index contributed by atoms with van der Waals surface area (Å²) in [4.78, 5) is 25.2. The van der Waals surface area contributed by atoms with Crippen molar-refractivity contribution in [3.05, 3.63) is 35.9 Å². The fraction of sp³-hybridized carbons (Fsp3) is 0.385. The van der Waals surface area contributed by atoms with Gasteiger partial charge in [-0.3, -0.25) is 9.59 Å². The first-order valence-electron chi connectivity index (χ1n) is 6.17. The monoisotopic (exact) mass is 279 g/mol. The normalized spacial score (nSPS) is 18.2. The number of nitrogens with one attached hydrogen (secondary N) is 1. The summed E-state index contributed by atoms with van der Waals surface area (Å²) in [5.74, 6) is 0.431. The fourth-order valence-electron chi connectivity index (χ4n) is 1.96. The predicted molar refractivity (Wildman–Crippen MR) is 75.7 cm³/mol. The van der Waals surface area contributed by atoms with Crippen molar-refractivity contribution >= 4 is 22.9 Å². The molecule has 1 fully saturated rings. The molecule has 0 spiro atoms. The number of thioether (sulfide) groups is 1. The summed E-state index contributed by atoms with van der Waals surface area (Å²) in [6, 6.07) is 9.33. The predicted octanol–water partition coefficient (Wildman–Crippen LogP) is 0.799. The van der Waals surface area contributed by atoms with Crippen LogP contribution in [-0.4, -0.2) is 40.9 Å². The molecule has 19 heavy (non-hydrogen) atoms. The molecule has 1 aromatic rings. The van der Waals surface area contributed by atoms with Crippen molar-refractivity contribution in [3.8, 4) is 0 Å². The summed E-state index contributed by atoms with van der Waals surface area (Å²) >= 11 is 1.15. The maximum Gasteiger partial charge on any atom is 0.279 e. The van der Waals surface area contributed by atoms with Gasteiger partial charge in [-0.2, -0.15) is 0 Å². The molecule has 2 rings (SSSR count). The molecule has 0 bridgehead atoms. The molecule has 1 aliphatic rings. The van der Waals surface area contributed by atoms with Crippen molar-refractivity contribution in [2.75, 3.05) is 18.8 Å². The molecule has 3 N–H and O–H groups in total. The van der Waals surface area contributed by atoms with E-state index in [2.05, 4.69) is 5.32 Å². The summed E-state index contributed by atoms with van der Waals surface area (Å²) in [5, 5.41) is 2.54. The van der Waals surface area contributed by atoms with E-state index in [1.54, 1.807) is 4.90 Å². The number of carbonyl (C=O) groups excluding carboxylic acids is 2. The Bertz CT molecular complexity index is 452. The van der Waals surface area contributed by atoms with Crippen LogP contribution in [0.25, 0.3) is 0 Å². The van der Waals surface area contributed by atoms with Gasteiger partial charge in [0.05, 0.1) is 0 Å². The third kappa shape index (κ3) is 3.71. The van der Waals surface area contributed by atoms with Crippen LogP contribution in [0.3, 0.4) is 0 Å². The Morgan fingerprint density at radius 2 is 2.16 bits per heavy atom. The standard InChI is InChI=1S/C13H17N3O2S/c14-6-7-16(8-10-4-2-1-3-5-10)12(17)11-9-19-13(18)15-11/h1-5,11H,6-9,14H2,(H,15,18). The number of carbonyl (C=O) groups is 2. The van der Waals surface area contributed by atoms with Gasteiger partial charge in [0.1, 0.15) is 6.04 Å². The minimum atomic E-state index is -0.423. The molecule has 5 nitrogen and oxygen atoms in total. The lowest BCUT2D eigenvalue weighted by Crippen LogP contribution is -2.46. The minimum Gasteiger partial charge on any atom is -0.335 e. The molecule has 0 aromatic heterocycles. The number of nitrogens with two attached hydrogens (primary N) is 1. The Balaban J connectivity index is 2.02. The highest BCUT2D eigenvalue weighted by Crippen LogP contribution is 2.16. The van der Waals surface area contributed by atoms with Crippen molar-refractivity contribution in [3.63, 3.8) is 0 Å². The second kappa shape index (κ2) is 6.58. The maximum absolute atomic E-state index is 12.3. The van der Waals surface area contributed by atoms with Crippen LogP contribution in [0.5, 0.6) is 0 Å². The highest BCUT2D eigenvalue weighted by atomic mass is 32.2. The molecular weight excluding hydrogens is 262 g/mol. The van der Waals surface area contributed by atoms with E-state index < -0.39 is 6.04 Å². The molecule has 1 unspecified atom stereocenters. The van der Waals surface area contributed by atoms with Crippen LogP contribution in [-0.2, 0) is 11.3 Å². The average Bonchev–Trinajstić information content (AvgIpc) is 2.85. The van der Waals surface area contributed by atoms with Crippen molar-refractivity contribution < 1.29 is 9.59 Å². The molecule has 0 radical (unpaired) electrons. The Morgan fingerprint density at radius 1 is 1.42 bits per heavy atom. The first kappa shape index (κ1) is 13.9. The van der Waals surface area contributed by atoms with Gasteiger partial charge in [-0.1, -0.05) is 42.1 Å². The summed E-state index contributed by atoms with van der Waals surface area (Å²) in [6.45, 7) is 1.42. The second-order valence-corrected chi connectivity index (χ2v) is 5.32. The molecule has 1 aromatic carbocycles. The van der Waals surface area contributed by atoms with Crippen LogP contribution in [0.1, 0.15) is 5.56 Å². The molecule has 0 saturated carbocycles. The van der Waals surface area contributed by atoms with E-state index in [4.69, 9.17) is 5.73 Å². The molecule has 102 valence electrons. The van der Waals surface area contributed by atoms with Crippen molar-refractivity contribution in [1.29, 1.82) is 0 Å². The molecule has 1 atom stereocenters. The van der Waals surface area contributed by atoms with Crippen molar-refractivity contribution in [2.24, 2.45) is 5.73 Å². The second-order valence-electron chi connectivity index (χ2n) is 4.33. The van der Waals surface area contributed by atoms with Gasteiger partial charge in [0.2, 0.25) is 5.91 Å². The van der Waals surface area contributed by atoms with E-state index in [1.165, 1.54) is 0 Å². The number of benzene rings is 1. The Labute approximate surface area is 116 Å². The number of amides is 2.